The van der Waals surface area contributed by atoms with Crippen molar-refractivity contribution in [3.05, 3.63) is 34.9 Å². The average Bonchev–Trinajstić information content (AvgIpc) is 2.97. The topological polar surface area (TPSA) is 50.4 Å². The van der Waals surface area contributed by atoms with Gasteiger partial charge in [-0.2, -0.15) is 0 Å². The summed E-state index contributed by atoms with van der Waals surface area (Å²) >= 11 is 0. The van der Waals surface area contributed by atoms with Gasteiger partial charge in [0.15, 0.2) is 0 Å². The molecule has 2 N–H and O–H groups in total. The van der Waals surface area contributed by atoms with Crippen LogP contribution in [0.2, 0.25) is 0 Å². The Morgan fingerprint density at radius 3 is 3.20 bits per heavy atom. The van der Waals surface area contributed by atoms with E-state index < -0.39 is 0 Å². The highest BCUT2D eigenvalue weighted by Crippen LogP contribution is 2.25. The zero-order valence-corrected chi connectivity index (χ0v) is 11.9. The zero-order valence-electron chi connectivity index (χ0n) is 11.9. The molecular weight excluding hydrogens is 252 g/mol. The minimum Gasteiger partial charge on any atom is -0.376 e. The molecule has 2 aliphatic heterocycles. The smallest absolute Gasteiger partial charge is 0.228 e. The largest absolute Gasteiger partial charge is 0.376 e. The second-order valence-electron chi connectivity index (χ2n) is 5.77. The van der Waals surface area contributed by atoms with E-state index in [4.69, 9.17) is 4.74 Å². The predicted octanol–water partition coefficient (Wildman–Crippen LogP) is 1.48. The molecule has 0 saturated carbocycles. The summed E-state index contributed by atoms with van der Waals surface area (Å²) in [5, 5.41) is 6.38. The molecule has 2 heterocycles. The van der Waals surface area contributed by atoms with Crippen molar-refractivity contribution < 1.29 is 9.53 Å². The Kier molecular flexibility index (Phi) is 4.03. The summed E-state index contributed by atoms with van der Waals surface area (Å²) in [7, 11) is 0. The molecule has 108 valence electrons. The first-order chi connectivity index (χ1) is 9.74. The van der Waals surface area contributed by atoms with Crippen molar-refractivity contribution in [2.45, 2.75) is 38.3 Å². The van der Waals surface area contributed by atoms with Crippen LogP contribution in [0.25, 0.3) is 0 Å². The summed E-state index contributed by atoms with van der Waals surface area (Å²) < 4.78 is 5.55. The summed E-state index contributed by atoms with van der Waals surface area (Å²) in [4.78, 5) is 12.4. The van der Waals surface area contributed by atoms with E-state index in [1.165, 1.54) is 16.7 Å². The molecule has 1 amide bonds. The van der Waals surface area contributed by atoms with E-state index >= 15 is 0 Å². The van der Waals surface area contributed by atoms with Gasteiger partial charge in [-0.25, -0.2) is 0 Å². The Morgan fingerprint density at radius 1 is 1.50 bits per heavy atom. The van der Waals surface area contributed by atoms with Crippen LogP contribution in [0.4, 0.5) is 0 Å². The van der Waals surface area contributed by atoms with Crippen LogP contribution >= 0.6 is 0 Å². The molecule has 1 aromatic carbocycles. The molecule has 4 heteroatoms. The number of hydrogen-bond acceptors (Lipinski definition) is 3. The van der Waals surface area contributed by atoms with Gasteiger partial charge in [0.05, 0.1) is 12.0 Å². The molecule has 2 aliphatic rings. The molecule has 1 saturated heterocycles. The molecule has 0 aliphatic carbocycles. The van der Waals surface area contributed by atoms with Crippen molar-refractivity contribution in [2.75, 3.05) is 19.7 Å². The Labute approximate surface area is 119 Å². The number of carbonyl (C=O) groups excluding carboxylic acids is 1. The van der Waals surface area contributed by atoms with Gasteiger partial charge in [0.25, 0.3) is 0 Å². The van der Waals surface area contributed by atoms with Gasteiger partial charge in [0.1, 0.15) is 0 Å². The molecule has 0 spiro atoms. The summed E-state index contributed by atoms with van der Waals surface area (Å²) in [5.41, 5.74) is 3.62. The highest BCUT2D eigenvalue weighted by atomic mass is 16.5. The van der Waals surface area contributed by atoms with E-state index in [2.05, 4.69) is 35.8 Å². The molecule has 0 radical (unpaired) electrons. The molecule has 2 atom stereocenters. The molecule has 0 aromatic heterocycles. The highest BCUT2D eigenvalue weighted by Gasteiger charge is 2.27. The second-order valence-corrected chi connectivity index (χ2v) is 5.77. The lowest BCUT2D eigenvalue weighted by Crippen LogP contribution is -2.41. The third-order valence-corrected chi connectivity index (χ3v) is 4.19. The molecule has 1 aromatic rings. The maximum atomic E-state index is 12.4. The number of aryl methyl sites for hydroxylation is 1. The molecule has 20 heavy (non-hydrogen) atoms. The average molecular weight is 274 g/mol. The number of fused-ring (bicyclic) bond motifs is 1. The number of carbonyl (C=O) groups is 1. The Bertz CT molecular complexity index is 495. The van der Waals surface area contributed by atoms with Gasteiger partial charge in [-0.1, -0.05) is 23.8 Å². The second kappa shape index (κ2) is 5.94. The number of ether oxygens (including phenoxy) is 1. The predicted molar refractivity (Wildman–Crippen MR) is 77.6 cm³/mol. The van der Waals surface area contributed by atoms with E-state index in [9.17, 15) is 4.79 Å². The van der Waals surface area contributed by atoms with E-state index in [0.29, 0.717) is 13.1 Å². The maximum Gasteiger partial charge on any atom is 0.228 e. The fourth-order valence-corrected chi connectivity index (χ4v) is 3.04. The first kappa shape index (κ1) is 13.6. The quantitative estimate of drug-likeness (QED) is 0.878. The lowest BCUT2D eigenvalue weighted by Gasteiger charge is -2.26. The lowest BCUT2D eigenvalue weighted by molar-refractivity contribution is -0.123. The molecule has 2 unspecified atom stereocenters. The van der Waals surface area contributed by atoms with E-state index in [-0.39, 0.29) is 17.9 Å². The zero-order chi connectivity index (χ0) is 13.9. The minimum atomic E-state index is -0.0833. The molecule has 0 bridgehead atoms. The van der Waals surface area contributed by atoms with Gasteiger partial charge in [-0.05, 0) is 30.9 Å². The van der Waals surface area contributed by atoms with Crippen LogP contribution in [-0.2, 0) is 16.1 Å². The van der Waals surface area contributed by atoms with E-state index in [1.54, 1.807) is 0 Å². The van der Waals surface area contributed by atoms with Crippen molar-refractivity contribution in [2.24, 2.45) is 0 Å². The number of hydrogen-bond donors (Lipinski definition) is 2. The summed E-state index contributed by atoms with van der Waals surface area (Å²) in [6.07, 6.45) is 2.36. The van der Waals surface area contributed by atoms with Crippen molar-refractivity contribution in [1.29, 1.82) is 0 Å². The van der Waals surface area contributed by atoms with Gasteiger partial charge in [-0.3, -0.25) is 4.79 Å². The fraction of sp³-hybridized carbons (Fsp3) is 0.562. The van der Waals surface area contributed by atoms with Gasteiger partial charge in [0.2, 0.25) is 5.91 Å². The number of rotatable bonds is 3. The van der Waals surface area contributed by atoms with Crippen LogP contribution in [-0.4, -0.2) is 31.7 Å². The first-order valence-electron chi connectivity index (χ1n) is 7.43. The normalized spacial score (nSPS) is 25.2. The van der Waals surface area contributed by atoms with Crippen LogP contribution in [0, 0.1) is 6.92 Å². The number of nitrogens with one attached hydrogen (secondary N) is 2. The number of amides is 1. The standard InChI is InChI=1S/C16H22N2O2/c1-11-4-5-12-8-17-10-15(14(12)7-11)16(19)18-9-13-3-2-6-20-13/h4-5,7,13,15,17H,2-3,6,8-10H2,1H3,(H,18,19). The monoisotopic (exact) mass is 274 g/mol. The van der Waals surface area contributed by atoms with Crippen molar-refractivity contribution in [1.82, 2.24) is 10.6 Å². The van der Waals surface area contributed by atoms with Gasteiger partial charge in [-0.15, -0.1) is 0 Å². The van der Waals surface area contributed by atoms with Gasteiger partial charge >= 0.3 is 0 Å². The van der Waals surface area contributed by atoms with Crippen LogP contribution in [0.5, 0.6) is 0 Å². The van der Waals surface area contributed by atoms with Gasteiger partial charge < -0.3 is 15.4 Å². The Hall–Kier alpha value is -1.39. The van der Waals surface area contributed by atoms with Gasteiger partial charge in [0, 0.05) is 26.2 Å². The van der Waals surface area contributed by atoms with Crippen LogP contribution < -0.4 is 10.6 Å². The SMILES string of the molecule is Cc1ccc2c(c1)C(C(=O)NCC1CCCO1)CNC2. The lowest BCUT2D eigenvalue weighted by atomic mass is 9.89. The first-order valence-corrected chi connectivity index (χ1v) is 7.43. The Balaban J connectivity index is 1.68. The summed E-state index contributed by atoms with van der Waals surface area (Å²) in [6.45, 7) is 5.10. The van der Waals surface area contributed by atoms with E-state index in [1.807, 2.05) is 0 Å². The summed E-state index contributed by atoms with van der Waals surface area (Å²) in [5.74, 6) is 0.0274. The molecular formula is C16H22N2O2. The van der Waals surface area contributed by atoms with Crippen LogP contribution in [0.1, 0.15) is 35.4 Å². The van der Waals surface area contributed by atoms with E-state index in [0.717, 1.165) is 26.0 Å². The van der Waals surface area contributed by atoms with Crippen LogP contribution in [0.15, 0.2) is 18.2 Å². The van der Waals surface area contributed by atoms with Crippen molar-refractivity contribution in [3.8, 4) is 0 Å². The molecule has 1 fully saturated rings. The number of benzene rings is 1. The van der Waals surface area contributed by atoms with Crippen molar-refractivity contribution >= 4 is 5.91 Å². The molecule has 3 rings (SSSR count). The summed E-state index contributed by atoms with van der Waals surface area (Å²) in [6, 6.07) is 6.37. The van der Waals surface area contributed by atoms with Crippen molar-refractivity contribution in [3.63, 3.8) is 0 Å². The molecule has 4 nitrogen and oxygen atoms in total. The third kappa shape index (κ3) is 2.86. The highest BCUT2D eigenvalue weighted by molar-refractivity contribution is 5.84. The Morgan fingerprint density at radius 2 is 2.40 bits per heavy atom. The minimum absolute atomic E-state index is 0.0833. The maximum absolute atomic E-state index is 12.4. The fourth-order valence-electron chi connectivity index (χ4n) is 3.04. The third-order valence-electron chi connectivity index (χ3n) is 4.19. The van der Waals surface area contributed by atoms with Crippen LogP contribution in [0.3, 0.4) is 0 Å².